The van der Waals surface area contributed by atoms with Crippen molar-refractivity contribution in [2.24, 2.45) is 0 Å². The highest BCUT2D eigenvalue weighted by molar-refractivity contribution is 9.10. The first-order valence-corrected chi connectivity index (χ1v) is 7.21. The van der Waals surface area contributed by atoms with Crippen LogP contribution in [0.3, 0.4) is 0 Å². The molecule has 1 atom stereocenters. The van der Waals surface area contributed by atoms with Crippen molar-refractivity contribution < 1.29 is 27.4 Å². The Labute approximate surface area is 134 Å². The summed E-state index contributed by atoms with van der Waals surface area (Å²) in [5.41, 5.74) is 0.699. The van der Waals surface area contributed by atoms with Gasteiger partial charge >= 0.3 is 6.18 Å². The molecule has 1 aromatic carbocycles. The normalized spacial score (nSPS) is 13.1. The number of ether oxygens (including phenoxy) is 3. The van der Waals surface area contributed by atoms with Crippen LogP contribution in [0.5, 0.6) is 11.5 Å². The smallest absolute Gasteiger partial charge is 0.411 e. The zero-order chi connectivity index (χ0) is 16.0. The summed E-state index contributed by atoms with van der Waals surface area (Å²) < 4.78 is 51.4. The van der Waals surface area contributed by atoms with E-state index in [1.807, 2.05) is 0 Å². The van der Waals surface area contributed by atoms with Gasteiger partial charge in [0.05, 0.1) is 19.6 Å². The van der Waals surface area contributed by atoms with E-state index in [4.69, 9.17) is 21.1 Å². The van der Waals surface area contributed by atoms with Crippen LogP contribution in [0.25, 0.3) is 0 Å². The van der Waals surface area contributed by atoms with Gasteiger partial charge in [-0.15, -0.1) is 11.6 Å². The van der Waals surface area contributed by atoms with Crippen LogP contribution >= 0.6 is 27.5 Å². The number of hydrogen-bond donors (Lipinski definition) is 0. The second kappa shape index (κ2) is 8.10. The number of rotatable bonds is 7. The van der Waals surface area contributed by atoms with E-state index in [9.17, 15) is 13.2 Å². The summed E-state index contributed by atoms with van der Waals surface area (Å²) in [6, 6.07) is 3.38. The molecule has 0 saturated carbocycles. The summed E-state index contributed by atoms with van der Waals surface area (Å²) in [4.78, 5) is 0. The molecule has 120 valence electrons. The van der Waals surface area contributed by atoms with Gasteiger partial charge in [0.1, 0.15) is 6.61 Å². The molecule has 1 unspecified atom stereocenters. The molecule has 0 heterocycles. The van der Waals surface area contributed by atoms with Gasteiger partial charge in [-0.2, -0.15) is 13.2 Å². The van der Waals surface area contributed by atoms with Crippen LogP contribution in [0.1, 0.15) is 17.4 Å². The molecule has 0 bridgehead atoms. The average Bonchev–Trinajstić information content (AvgIpc) is 2.41. The van der Waals surface area contributed by atoms with Crippen LogP contribution in [0.2, 0.25) is 0 Å². The Balaban J connectivity index is 2.67. The zero-order valence-electron chi connectivity index (χ0n) is 11.5. The predicted octanol–water partition coefficient (Wildman–Crippen LogP) is 4.72. The maximum atomic E-state index is 12.0. The second-order valence-corrected chi connectivity index (χ2v) is 5.53. The van der Waals surface area contributed by atoms with Crippen molar-refractivity contribution in [3.63, 3.8) is 0 Å². The first-order chi connectivity index (χ1) is 9.78. The number of methoxy groups -OCH3 is 2. The van der Waals surface area contributed by atoms with Crippen LogP contribution in [-0.4, -0.2) is 33.6 Å². The minimum Gasteiger partial charge on any atom is -0.493 e. The van der Waals surface area contributed by atoms with Crippen LogP contribution < -0.4 is 9.47 Å². The Morgan fingerprint density at radius 1 is 1.19 bits per heavy atom. The maximum Gasteiger partial charge on any atom is 0.411 e. The van der Waals surface area contributed by atoms with E-state index >= 15 is 0 Å². The van der Waals surface area contributed by atoms with Crippen LogP contribution in [-0.2, 0) is 4.74 Å². The number of alkyl halides is 4. The summed E-state index contributed by atoms with van der Waals surface area (Å²) in [5, 5.41) is -0.507. The van der Waals surface area contributed by atoms with Gasteiger partial charge in [-0.25, -0.2) is 0 Å². The fourth-order valence-corrected chi connectivity index (χ4v) is 2.64. The molecule has 1 rings (SSSR count). The number of hydrogen-bond acceptors (Lipinski definition) is 3. The van der Waals surface area contributed by atoms with Crippen molar-refractivity contribution in [2.75, 3.05) is 27.4 Å². The Morgan fingerprint density at radius 3 is 2.29 bits per heavy atom. The Kier molecular flexibility index (Phi) is 7.09. The van der Waals surface area contributed by atoms with E-state index in [0.29, 0.717) is 21.5 Å². The molecule has 0 radical (unpaired) electrons. The third-order valence-corrected chi connectivity index (χ3v) is 3.76. The van der Waals surface area contributed by atoms with E-state index in [-0.39, 0.29) is 13.0 Å². The SMILES string of the molecule is COc1cc(Br)c(C(Cl)CCOCC(F)(F)F)cc1OC. The standard InChI is InChI=1S/C13H15BrClF3O3/c1-19-11-5-8(9(14)6-12(11)20-2)10(15)3-4-21-7-13(16,17)18/h5-6,10H,3-4,7H2,1-2H3. The van der Waals surface area contributed by atoms with Gasteiger partial charge in [-0.3, -0.25) is 0 Å². The van der Waals surface area contributed by atoms with Crippen molar-refractivity contribution in [1.82, 2.24) is 0 Å². The van der Waals surface area contributed by atoms with E-state index in [0.717, 1.165) is 0 Å². The first-order valence-electron chi connectivity index (χ1n) is 5.98. The molecule has 0 fully saturated rings. The molecule has 0 spiro atoms. The van der Waals surface area contributed by atoms with Crippen LogP contribution in [0.4, 0.5) is 13.2 Å². The average molecular weight is 392 g/mol. The lowest BCUT2D eigenvalue weighted by atomic mass is 10.1. The molecule has 0 aliphatic carbocycles. The highest BCUT2D eigenvalue weighted by atomic mass is 79.9. The summed E-state index contributed by atoms with van der Waals surface area (Å²) in [6.45, 7) is -1.36. The van der Waals surface area contributed by atoms with Gasteiger partial charge < -0.3 is 14.2 Å². The largest absolute Gasteiger partial charge is 0.493 e. The fourth-order valence-electron chi connectivity index (χ4n) is 1.64. The lowest BCUT2D eigenvalue weighted by Gasteiger charge is -2.16. The van der Waals surface area contributed by atoms with Crippen LogP contribution in [0, 0.1) is 0 Å². The second-order valence-electron chi connectivity index (χ2n) is 4.15. The molecule has 0 aliphatic rings. The summed E-state index contributed by atoms with van der Waals surface area (Å²) in [6.07, 6.45) is -4.09. The minimum atomic E-state index is -4.33. The summed E-state index contributed by atoms with van der Waals surface area (Å²) >= 11 is 9.55. The molecule has 0 amide bonds. The topological polar surface area (TPSA) is 27.7 Å². The van der Waals surface area contributed by atoms with Gasteiger partial charge in [0.25, 0.3) is 0 Å². The Morgan fingerprint density at radius 2 is 1.76 bits per heavy atom. The van der Waals surface area contributed by atoms with Gasteiger partial charge in [0.2, 0.25) is 0 Å². The highest BCUT2D eigenvalue weighted by Crippen LogP contribution is 2.39. The quantitative estimate of drug-likeness (QED) is 0.497. The van der Waals surface area contributed by atoms with E-state index < -0.39 is 18.2 Å². The minimum absolute atomic E-state index is 0.0888. The molecule has 21 heavy (non-hydrogen) atoms. The maximum absolute atomic E-state index is 12.0. The van der Waals surface area contributed by atoms with E-state index in [1.165, 1.54) is 14.2 Å². The van der Waals surface area contributed by atoms with Crippen molar-refractivity contribution in [1.29, 1.82) is 0 Å². The monoisotopic (exact) mass is 390 g/mol. The fraction of sp³-hybridized carbons (Fsp3) is 0.538. The Hall–Kier alpha value is -0.660. The molecule has 3 nitrogen and oxygen atoms in total. The third-order valence-electron chi connectivity index (χ3n) is 2.62. The first kappa shape index (κ1) is 18.4. The van der Waals surface area contributed by atoms with Crippen molar-refractivity contribution >= 4 is 27.5 Å². The third kappa shape index (κ3) is 5.92. The van der Waals surface area contributed by atoms with Gasteiger partial charge in [0.15, 0.2) is 11.5 Å². The van der Waals surface area contributed by atoms with Crippen molar-refractivity contribution in [3.05, 3.63) is 22.2 Å². The molecular formula is C13H15BrClF3O3. The molecule has 8 heteroatoms. The molecule has 0 aromatic heterocycles. The van der Waals surface area contributed by atoms with E-state index in [2.05, 4.69) is 20.7 Å². The molecule has 0 aliphatic heterocycles. The predicted molar refractivity (Wildman–Crippen MR) is 77.3 cm³/mol. The molecule has 0 N–H and O–H groups in total. The molecule has 1 aromatic rings. The molecule has 0 saturated heterocycles. The summed E-state index contributed by atoms with van der Waals surface area (Å²) in [5.74, 6) is 1.03. The van der Waals surface area contributed by atoms with E-state index in [1.54, 1.807) is 12.1 Å². The van der Waals surface area contributed by atoms with Gasteiger partial charge in [-0.05, 0) is 24.1 Å². The van der Waals surface area contributed by atoms with Gasteiger partial charge in [0, 0.05) is 11.1 Å². The lowest BCUT2D eigenvalue weighted by Crippen LogP contribution is -2.17. The van der Waals surface area contributed by atoms with Crippen molar-refractivity contribution in [2.45, 2.75) is 18.0 Å². The van der Waals surface area contributed by atoms with Crippen LogP contribution in [0.15, 0.2) is 16.6 Å². The number of benzene rings is 1. The van der Waals surface area contributed by atoms with Crippen molar-refractivity contribution in [3.8, 4) is 11.5 Å². The highest BCUT2D eigenvalue weighted by Gasteiger charge is 2.27. The lowest BCUT2D eigenvalue weighted by molar-refractivity contribution is -0.174. The number of halogens is 5. The summed E-state index contributed by atoms with van der Waals surface area (Å²) in [7, 11) is 3.00. The van der Waals surface area contributed by atoms with Gasteiger partial charge in [-0.1, -0.05) is 15.9 Å². The molecular weight excluding hydrogens is 376 g/mol. The Bertz CT molecular complexity index is 469. The zero-order valence-corrected chi connectivity index (χ0v) is 13.8.